The first kappa shape index (κ1) is 15.4. The summed E-state index contributed by atoms with van der Waals surface area (Å²) < 4.78 is 7.30. The van der Waals surface area contributed by atoms with E-state index in [4.69, 9.17) is 4.74 Å². The minimum absolute atomic E-state index is 0.0903. The van der Waals surface area contributed by atoms with Gasteiger partial charge in [-0.25, -0.2) is 4.79 Å². The fraction of sp³-hybridized carbons (Fsp3) is 0.267. The van der Waals surface area contributed by atoms with Gasteiger partial charge in [0, 0.05) is 20.6 Å². The largest absolute Gasteiger partial charge is 0.497 e. The van der Waals surface area contributed by atoms with Crippen LogP contribution in [0.3, 0.4) is 0 Å². The molecule has 0 aliphatic heterocycles. The molecule has 22 heavy (non-hydrogen) atoms. The van der Waals surface area contributed by atoms with Gasteiger partial charge in [0.2, 0.25) is 0 Å². The summed E-state index contributed by atoms with van der Waals surface area (Å²) >= 11 is 0. The van der Waals surface area contributed by atoms with Gasteiger partial charge in [0.25, 0.3) is 5.56 Å². The Morgan fingerprint density at radius 3 is 2.64 bits per heavy atom. The molecule has 1 heterocycles. The van der Waals surface area contributed by atoms with E-state index in [1.165, 1.54) is 18.7 Å². The molecule has 7 heteroatoms. The average Bonchev–Trinajstić information content (AvgIpc) is 2.55. The zero-order chi connectivity index (χ0) is 16.3. The lowest BCUT2D eigenvalue weighted by atomic mass is 10.2. The average molecular weight is 300 g/mol. The van der Waals surface area contributed by atoms with Gasteiger partial charge in [-0.2, -0.15) is 5.26 Å². The number of aromatic nitrogens is 2. The maximum Gasteiger partial charge on any atom is 0.332 e. The van der Waals surface area contributed by atoms with Gasteiger partial charge in [-0.05, 0) is 17.7 Å². The highest BCUT2D eigenvalue weighted by Gasteiger charge is 2.14. The molecule has 0 unspecified atom stereocenters. The molecule has 0 bridgehead atoms. The molecule has 7 nitrogen and oxygen atoms in total. The van der Waals surface area contributed by atoms with Crippen LogP contribution in [0, 0.1) is 11.3 Å². The van der Waals surface area contributed by atoms with Crippen LogP contribution in [0.5, 0.6) is 5.75 Å². The number of ether oxygens (including phenoxy) is 1. The number of hydrogen-bond donors (Lipinski definition) is 1. The molecule has 0 spiro atoms. The van der Waals surface area contributed by atoms with Crippen LogP contribution >= 0.6 is 0 Å². The van der Waals surface area contributed by atoms with Crippen LogP contribution in [-0.4, -0.2) is 16.2 Å². The number of methoxy groups -OCH3 is 1. The van der Waals surface area contributed by atoms with Gasteiger partial charge < -0.3 is 10.1 Å². The molecule has 0 radical (unpaired) electrons. The van der Waals surface area contributed by atoms with Crippen LogP contribution in [0.2, 0.25) is 0 Å². The van der Waals surface area contributed by atoms with E-state index < -0.39 is 11.2 Å². The smallest absolute Gasteiger partial charge is 0.332 e. The fourth-order valence-electron chi connectivity index (χ4n) is 2.12. The molecule has 0 saturated carbocycles. The van der Waals surface area contributed by atoms with E-state index in [0.29, 0.717) is 12.3 Å². The van der Waals surface area contributed by atoms with Gasteiger partial charge in [0.15, 0.2) is 5.56 Å². The first-order valence-corrected chi connectivity index (χ1v) is 6.56. The van der Waals surface area contributed by atoms with Crippen molar-refractivity contribution in [3.05, 3.63) is 56.2 Å². The van der Waals surface area contributed by atoms with E-state index in [9.17, 15) is 14.9 Å². The molecule has 0 saturated heterocycles. The van der Waals surface area contributed by atoms with E-state index in [-0.39, 0.29) is 11.4 Å². The van der Waals surface area contributed by atoms with E-state index in [1.54, 1.807) is 7.11 Å². The summed E-state index contributed by atoms with van der Waals surface area (Å²) in [5, 5.41) is 12.2. The van der Waals surface area contributed by atoms with E-state index in [1.807, 2.05) is 30.3 Å². The summed E-state index contributed by atoms with van der Waals surface area (Å²) in [6.45, 7) is 0.353. The molecular weight excluding hydrogens is 284 g/mol. The Morgan fingerprint density at radius 2 is 2.00 bits per heavy atom. The summed E-state index contributed by atoms with van der Waals surface area (Å²) in [6.07, 6.45) is 0. The fourth-order valence-corrected chi connectivity index (χ4v) is 2.12. The molecule has 0 fully saturated rings. The lowest BCUT2D eigenvalue weighted by molar-refractivity contribution is 0.414. The highest BCUT2D eigenvalue weighted by Crippen LogP contribution is 2.14. The lowest BCUT2D eigenvalue weighted by Crippen LogP contribution is -2.39. The summed E-state index contributed by atoms with van der Waals surface area (Å²) in [5.74, 6) is 0.913. The molecule has 0 amide bonds. The van der Waals surface area contributed by atoms with Gasteiger partial charge >= 0.3 is 5.69 Å². The summed E-state index contributed by atoms with van der Waals surface area (Å²) in [6, 6.07) is 9.21. The number of rotatable bonds is 4. The Hall–Kier alpha value is -3.01. The number of hydrogen-bond acceptors (Lipinski definition) is 5. The second-order valence-electron chi connectivity index (χ2n) is 4.75. The number of nitrogens with zero attached hydrogens (tertiary/aromatic N) is 3. The summed E-state index contributed by atoms with van der Waals surface area (Å²) in [4.78, 5) is 23.9. The monoisotopic (exact) mass is 300 g/mol. The number of benzene rings is 1. The van der Waals surface area contributed by atoms with Crippen molar-refractivity contribution < 1.29 is 4.74 Å². The second kappa shape index (κ2) is 6.18. The van der Waals surface area contributed by atoms with Crippen LogP contribution in [-0.2, 0) is 20.6 Å². The van der Waals surface area contributed by atoms with Crippen molar-refractivity contribution in [3.63, 3.8) is 0 Å². The predicted octanol–water partition coefficient (Wildman–Crippen LogP) is 0.576. The third kappa shape index (κ3) is 2.72. The zero-order valence-corrected chi connectivity index (χ0v) is 12.6. The minimum Gasteiger partial charge on any atom is -0.497 e. The van der Waals surface area contributed by atoms with E-state index in [0.717, 1.165) is 10.1 Å². The standard InChI is InChI=1S/C15H16N4O3/c1-18-13(12(8-16)14(20)19(2)15(18)21)17-9-10-5-4-6-11(7-10)22-3/h4-7,17H,9H2,1-3H3. The molecule has 0 aliphatic rings. The minimum atomic E-state index is -0.612. The topological polar surface area (TPSA) is 89.1 Å². The van der Waals surface area contributed by atoms with Crippen LogP contribution < -0.4 is 21.3 Å². The maximum absolute atomic E-state index is 12.0. The lowest BCUT2D eigenvalue weighted by Gasteiger charge is -2.14. The third-order valence-electron chi connectivity index (χ3n) is 3.37. The molecular formula is C15H16N4O3. The van der Waals surface area contributed by atoms with Gasteiger partial charge in [-0.3, -0.25) is 13.9 Å². The van der Waals surface area contributed by atoms with Gasteiger partial charge in [-0.15, -0.1) is 0 Å². The highest BCUT2D eigenvalue weighted by atomic mass is 16.5. The van der Waals surface area contributed by atoms with Gasteiger partial charge in [-0.1, -0.05) is 12.1 Å². The number of nitriles is 1. The summed E-state index contributed by atoms with van der Waals surface area (Å²) in [7, 11) is 4.43. The summed E-state index contributed by atoms with van der Waals surface area (Å²) in [5.41, 5.74) is -0.292. The van der Waals surface area contributed by atoms with Crippen LogP contribution in [0.1, 0.15) is 11.1 Å². The van der Waals surface area contributed by atoms with Crippen molar-refractivity contribution in [2.45, 2.75) is 6.54 Å². The quantitative estimate of drug-likeness (QED) is 0.892. The predicted molar refractivity (Wildman–Crippen MR) is 82.0 cm³/mol. The van der Waals surface area contributed by atoms with E-state index in [2.05, 4.69) is 5.32 Å². The first-order valence-electron chi connectivity index (χ1n) is 6.56. The van der Waals surface area contributed by atoms with Crippen molar-refractivity contribution in [1.29, 1.82) is 5.26 Å². The van der Waals surface area contributed by atoms with Crippen LogP contribution in [0.15, 0.2) is 33.9 Å². The second-order valence-corrected chi connectivity index (χ2v) is 4.75. The Morgan fingerprint density at radius 1 is 1.27 bits per heavy atom. The van der Waals surface area contributed by atoms with E-state index >= 15 is 0 Å². The van der Waals surface area contributed by atoms with Crippen molar-refractivity contribution in [2.24, 2.45) is 14.1 Å². The van der Waals surface area contributed by atoms with Gasteiger partial charge in [0.1, 0.15) is 17.6 Å². The van der Waals surface area contributed by atoms with Crippen molar-refractivity contribution >= 4 is 5.82 Å². The van der Waals surface area contributed by atoms with Crippen LogP contribution in [0.25, 0.3) is 0 Å². The van der Waals surface area contributed by atoms with Crippen molar-refractivity contribution in [3.8, 4) is 11.8 Å². The maximum atomic E-state index is 12.0. The Bertz CT molecular complexity index is 859. The molecule has 1 aromatic heterocycles. The first-order chi connectivity index (χ1) is 10.5. The molecule has 114 valence electrons. The third-order valence-corrected chi connectivity index (χ3v) is 3.37. The normalized spacial score (nSPS) is 10.1. The SMILES string of the molecule is COc1cccc(CNc2c(C#N)c(=O)n(C)c(=O)n2C)c1. The number of nitrogens with one attached hydrogen (secondary N) is 1. The molecule has 0 aliphatic carbocycles. The molecule has 0 atom stereocenters. The molecule has 2 rings (SSSR count). The van der Waals surface area contributed by atoms with Crippen molar-refractivity contribution in [1.82, 2.24) is 9.13 Å². The van der Waals surface area contributed by atoms with Crippen LogP contribution in [0.4, 0.5) is 5.82 Å². The highest BCUT2D eigenvalue weighted by molar-refractivity contribution is 5.51. The Kier molecular flexibility index (Phi) is 4.32. The molecule has 1 aromatic carbocycles. The molecule has 2 aromatic rings. The Labute approximate surface area is 127 Å². The zero-order valence-electron chi connectivity index (χ0n) is 12.6. The molecule has 1 N–H and O–H groups in total. The van der Waals surface area contributed by atoms with Crippen molar-refractivity contribution in [2.75, 3.05) is 12.4 Å². The van der Waals surface area contributed by atoms with Gasteiger partial charge in [0.05, 0.1) is 7.11 Å². The number of anilines is 1. The Balaban J connectivity index is 2.40.